The summed E-state index contributed by atoms with van der Waals surface area (Å²) in [5, 5.41) is 9.82. The maximum Gasteiger partial charge on any atom is 0.264 e. The van der Waals surface area contributed by atoms with Gasteiger partial charge in [-0.05, 0) is 38.0 Å². The molecular formula is C22H23N5O2S. The number of aromatic nitrogens is 4. The zero-order chi connectivity index (χ0) is 20.7. The third kappa shape index (κ3) is 3.31. The summed E-state index contributed by atoms with van der Waals surface area (Å²) >= 11 is 1.50. The molecule has 1 aliphatic rings. The lowest BCUT2D eigenvalue weighted by molar-refractivity contribution is 0.0675. The molecule has 0 bridgehead atoms. The normalized spacial score (nSPS) is 17.4. The van der Waals surface area contributed by atoms with Crippen LogP contribution in [-0.4, -0.2) is 37.3 Å². The minimum Gasteiger partial charge on any atom is -0.340 e. The number of nitrogens with zero attached hydrogens (tertiary/aromatic N) is 5. The molecular weight excluding hydrogens is 398 g/mol. The van der Waals surface area contributed by atoms with E-state index in [2.05, 4.69) is 15.2 Å². The number of rotatable bonds is 3. The lowest BCUT2D eigenvalue weighted by Gasteiger charge is -2.27. The molecule has 8 heteroatoms. The Bertz CT molecular complexity index is 1190. The molecule has 1 amide bonds. The highest BCUT2D eigenvalue weighted by molar-refractivity contribution is 7.20. The highest BCUT2D eigenvalue weighted by Gasteiger charge is 2.32. The minimum absolute atomic E-state index is 0.0320. The first-order chi connectivity index (χ1) is 14.6. The molecule has 0 unspecified atom stereocenters. The van der Waals surface area contributed by atoms with Gasteiger partial charge in [-0.15, -0.1) is 11.3 Å². The van der Waals surface area contributed by atoms with Crippen LogP contribution in [0, 0.1) is 13.8 Å². The molecule has 0 spiro atoms. The van der Waals surface area contributed by atoms with Crippen LogP contribution in [0.3, 0.4) is 0 Å². The van der Waals surface area contributed by atoms with Gasteiger partial charge in [0.15, 0.2) is 5.82 Å². The second-order valence-corrected chi connectivity index (χ2v) is 8.73. The quantitative estimate of drug-likeness (QED) is 0.473. The highest BCUT2D eigenvalue weighted by atomic mass is 32.1. The summed E-state index contributed by atoms with van der Waals surface area (Å²) < 4.78 is 7.13. The number of likely N-dealkylation sites (tertiary alicyclic amines) is 1. The zero-order valence-electron chi connectivity index (χ0n) is 17.0. The van der Waals surface area contributed by atoms with Crippen LogP contribution in [0.2, 0.25) is 0 Å². The smallest absolute Gasteiger partial charge is 0.264 e. The molecule has 1 aliphatic heterocycles. The van der Waals surface area contributed by atoms with Gasteiger partial charge in [0.05, 0.1) is 22.3 Å². The fourth-order valence-electron chi connectivity index (χ4n) is 4.11. The molecule has 4 aromatic rings. The number of fused-ring (bicyclic) bond motifs is 1. The number of benzene rings is 1. The van der Waals surface area contributed by atoms with Crippen molar-refractivity contribution in [2.75, 3.05) is 6.54 Å². The largest absolute Gasteiger partial charge is 0.340 e. The Kier molecular flexibility index (Phi) is 4.86. The van der Waals surface area contributed by atoms with Crippen molar-refractivity contribution < 1.29 is 9.32 Å². The Hall–Kier alpha value is -3.00. The molecule has 4 heterocycles. The first-order valence-corrected chi connectivity index (χ1v) is 11.1. The van der Waals surface area contributed by atoms with E-state index < -0.39 is 0 Å². The van der Waals surface area contributed by atoms with E-state index in [-0.39, 0.29) is 11.9 Å². The van der Waals surface area contributed by atoms with E-state index >= 15 is 0 Å². The van der Waals surface area contributed by atoms with Crippen molar-refractivity contribution in [3.05, 3.63) is 58.7 Å². The van der Waals surface area contributed by atoms with E-state index in [9.17, 15) is 4.79 Å². The molecule has 1 saturated heterocycles. The summed E-state index contributed by atoms with van der Waals surface area (Å²) in [6.07, 6.45) is 4.00. The molecule has 1 aromatic carbocycles. The lowest BCUT2D eigenvalue weighted by Crippen LogP contribution is -2.35. The zero-order valence-corrected chi connectivity index (χ0v) is 17.9. The lowest BCUT2D eigenvalue weighted by atomic mass is 10.1. The molecule has 154 valence electrons. The topological polar surface area (TPSA) is 77.1 Å². The van der Waals surface area contributed by atoms with Crippen LogP contribution < -0.4 is 0 Å². The third-order valence-corrected chi connectivity index (χ3v) is 6.71. The summed E-state index contributed by atoms with van der Waals surface area (Å²) in [6, 6.07) is 11.9. The van der Waals surface area contributed by atoms with Crippen LogP contribution in [0.1, 0.15) is 58.8 Å². The first kappa shape index (κ1) is 19.0. The van der Waals surface area contributed by atoms with Crippen molar-refractivity contribution in [1.82, 2.24) is 24.8 Å². The monoisotopic (exact) mass is 421 g/mol. The van der Waals surface area contributed by atoms with Crippen LogP contribution in [0.15, 0.2) is 40.9 Å². The van der Waals surface area contributed by atoms with Crippen LogP contribution in [0.5, 0.6) is 0 Å². The summed E-state index contributed by atoms with van der Waals surface area (Å²) in [5.41, 5.74) is 1.91. The Morgan fingerprint density at radius 1 is 1.17 bits per heavy atom. The fourth-order valence-corrected chi connectivity index (χ4v) is 5.25. The summed E-state index contributed by atoms with van der Waals surface area (Å²) in [6.45, 7) is 4.47. The average molecular weight is 422 g/mol. The molecule has 30 heavy (non-hydrogen) atoms. The first-order valence-electron chi connectivity index (χ1n) is 10.3. The summed E-state index contributed by atoms with van der Waals surface area (Å²) in [5.74, 6) is 1.17. The number of hydrogen-bond donors (Lipinski definition) is 0. The van der Waals surface area contributed by atoms with Gasteiger partial charge < -0.3 is 9.42 Å². The maximum absolute atomic E-state index is 13.6. The highest BCUT2D eigenvalue weighted by Crippen LogP contribution is 2.35. The minimum atomic E-state index is -0.144. The van der Waals surface area contributed by atoms with Crippen molar-refractivity contribution in [3.63, 3.8) is 0 Å². The van der Waals surface area contributed by atoms with Gasteiger partial charge in [0.1, 0.15) is 4.83 Å². The Morgan fingerprint density at radius 2 is 2.00 bits per heavy atom. The van der Waals surface area contributed by atoms with Crippen molar-refractivity contribution >= 4 is 27.5 Å². The van der Waals surface area contributed by atoms with E-state index in [4.69, 9.17) is 4.52 Å². The van der Waals surface area contributed by atoms with Crippen LogP contribution >= 0.6 is 11.3 Å². The SMILES string of the molecule is Cc1nc([C@H]2CCCCCN2C(=O)c2cc3c(C)nn(-c4ccccc4)c3s2)no1. The number of carbonyl (C=O) groups excluding carboxylic acids is 1. The second kappa shape index (κ2) is 7.68. The Balaban J connectivity index is 1.53. The molecule has 1 atom stereocenters. The predicted octanol–water partition coefficient (Wildman–Crippen LogP) is 4.84. The van der Waals surface area contributed by atoms with Crippen molar-refractivity contribution in [3.8, 4) is 5.69 Å². The number of thiophene rings is 1. The average Bonchev–Trinajstić information content (AvgIpc) is 3.40. The second-order valence-electron chi connectivity index (χ2n) is 7.70. The van der Waals surface area contributed by atoms with E-state index in [1.165, 1.54) is 11.3 Å². The van der Waals surface area contributed by atoms with Gasteiger partial charge >= 0.3 is 0 Å². The van der Waals surface area contributed by atoms with E-state index in [0.717, 1.165) is 52.2 Å². The van der Waals surface area contributed by atoms with Crippen LogP contribution in [0.25, 0.3) is 15.9 Å². The molecule has 0 aliphatic carbocycles. The van der Waals surface area contributed by atoms with Gasteiger partial charge in [-0.2, -0.15) is 10.1 Å². The third-order valence-electron chi connectivity index (χ3n) is 5.61. The molecule has 0 radical (unpaired) electrons. The van der Waals surface area contributed by atoms with Gasteiger partial charge in [0.25, 0.3) is 5.91 Å². The van der Waals surface area contributed by atoms with Gasteiger partial charge in [0.2, 0.25) is 5.89 Å². The number of hydrogen-bond acceptors (Lipinski definition) is 6. The van der Waals surface area contributed by atoms with E-state index in [1.54, 1.807) is 6.92 Å². The molecule has 0 N–H and O–H groups in total. The number of amides is 1. The van der Waals surface area contributed by atoms with Crippen LogP contribution in [0.4, 0.5) is 0 Å². The maximum atomic E-state index is 13.6. The Labute approximate surface area is 178 Å². The summed E-state index contributed by atoms with van der Waals surface area (Å²) in [7, 11) is 0. The van der Waals surface area contributed by atoms with Gasteiger partial charge in [-0.25, -0.2) is 4.68 Å². The van der Waals surface area contributed by atoms with E-state index in [1.807, 2.05) is 52.9 Å². The predicted molar refractivity (Wildman–Crippen MR) is 115 cm³/mol. The summed E-state index contributed by atoms with van der Waals surface area (Å²) in [4.78, 5) is 21.7. The number of aryl methyl sites for hydroxylation is 2. The molecule has 1 fully saturated rings. The standard InChI is InChI=1S/C22H23N5O2S/c1-14-17-13-19(30-22(17)27(24-14)16-9-5-3-6-10-16)21(28)26-12-8-4-7-11-18(26)20-23-15(2)29-25-20/h3,5-6,9-10,13,18H,4,7-8,11-12H2,1-2H3/t18-/m1/s1. The molecule has 3 aromatic heterocycles. The van der Waals surface area contributed by atoms with Gasteiger partial charge in [-0.1, -0.05) is 36.2 Å². The van der Waals surface area contributed by atoms with Crippen molar-refractivity contribution in [2.45, 2.75) is 45.6 Å². The fraction of sp³-hybridized carbons (Fsp3) is 0.364. The van der Waals surface area contributed by atoms with Crippen molar-refractivity contribution in [1.29, 1.82) is 0 Å². The Morgan fingerprint density at radius 3 is 2.77 bits per heavy atom. The van der Waals surface area contributed by atoms with Gasteiger partial charge in [-0.3, -0.25) is 4.79 Å². The number of para-hydroxylation sites is 1. The number of carbonyl (C=O) groups is 1. The van der Waals surface area contributed by atoms with Crippen molar-refractivity contribution in [2.24, 2.45) is 0 Å². The molecule has 7 nitrogen and oxygen atoms in total. The van der Waals surface area contributed by atoms with Crippen LogP contribution in [-0.2, 0) is 0 Å². The molecule has 5 rings (SSSR count). The van der Waals surface area contributed by atoms with Gasteiger partial charge in [0, 0.05) is 18.9 Å². The molecule has 0 saturated carbocycles. The van der Waals surface area contributed by atoms with E-state index in [0.29, 0.717) is 18.3 Å².